The third kappa shape index (κ3) is 2.33. The second-order valence-corrected chi connectivity index (χ2v) is 4.85. The van der Waals surface area contributed by atoms with Gasteiger partial charge in [0, 0.05) is 0 Å². The predicted molar refractivity (Wildman–Crippen MR) is 54.4 cm³/mol. The Morgan fingerprint density at radius 3 is 3.07 bits per heavy atom. The van der Waals surface area contributed by atoms with Gasteiger partial charge in [-0.1, -0.05) is 0 Å². The second kappa shape index (κ2) is 3.70. The molecular formula is C8H13N3O2S. The molecule has 78 valence electrons. The molecule has 0 amide bonds. The lowest BCUT2D eigenvalue weighted by Crippen LogP contribution is -2.09. The van der Waals surface area contributed by atoms with Crippen LogP contribution in [0.4, 0.5) is 5.69 Å². The van der Waals surface area contributed by atoms with Gasteiger partial charge in [0.2, 0.25) is 0 Å². The number of rotatable bonds is 4. The summed E-state index contributed by atoms with van der Waals surface area (Å²) in [4.78, 5) is 0. The molecule has 2 N–H and O–H groups in total. The summed E-state index contributed by atoms with van der Waals surface area (Å²) < 4.78 is 18.0. The first-order valence-corrected chi connectivity index (χ1v) is 6.17. The van der Waals surface area contributed by atoms with Crippen LogP contribution in [0, 0.1) is 0 Å². The number of nitrogen functional groups attached to an aromatic ring is 1. The number of nitrogens with two attached hydrogens (primary N) is 1. The summed E-state index contributed by atoms with van der Waals surface area (Å²) in [6, 6.07) is 0. The maximum atomic E-state index is 10.9. The van der Waals surface area contributed by atoms with E-state index in [1.54, 1.807) is 17.1 Å². The van der Waals surface area contributed by atoms with Crippen LogP contribution in [0.15, 0.2) is 6.20 Å². The fourth-order valence-electron chi connectivity index (χ4n) is 1.11. The Kier molecular flexibility index (Phi) is 2.56. The number of anilines is 1. The third-order valence-corrected chi connectivity index (χ3v) is 2.50. The van der Waals surface area contributed by atoms with E-state index in [0.29, 0.717) is 17.4 Å². The van der Waals surface area contributed by atoms with Gasteiger partial charge in [-0.3, -0.25) is 0 Å². The second-order valence-electron chi connectivity index (χ2n) is 3.45. The van der Waals surface area contributed by atoms with Crippen molar-refractivity contribution in [3.63, 3.8) is 0 Å². The molecule has 2 rings (SSSR count). The van der Waals surface area contributed by atoms with E-state index in [1.807, 2.05) is 0 Å². The normalized spacial score (nSPS) is 18.1. The highest BCUT2D eigenvalue weighted by Gasteiger charge is 2.25. The van der Waals surface area contributed by atoms with Crippen LogP contribution < -0.4 is 10.5 Å². The van der Waals surface area contributed by atoms with E-state index in [0.717, 1.165) is 12.8 Å². The van der Waals surface area contributed by atoms with Crippen molar-refractivity contribution in [2.75, 3.05) is 12.0 Å². The van der Waals surface area contributed by atoms with E-state index < -0.39 is 11.2 Å². The number of hydrogen-bond acceptors (Lipinski definition) is 4. The van der Waals surface area contributed by atoms with Gasteiger partial charge < -0.3 is 15.0 Å². The highest BCUT2D eigenvalue weighted by atomic mass is 32.2. The Labute approximate surface area is 85.4 Å². The van der Waals surface area contributed by atoms with E-state index in [2.05, 4.69) is 5.10 Å². The Bertz CT molecular complexity index is 322. The number of hydrogen-bond donors (Lipinski definition) is 1. The molecule has 0 aliphatic heterocycles. The summed E-state index contributed by atoms with van der Waals surface area (Å²) in [6.07, 6.45) is 5.71. The molecule has 1 aromatic rings. The molecule has 0 bridgehead atoms. The minimum Gasteiger partial charge on any atom is -0.615 e. The van der Waals surface area contributed by atoms with E-state index in [9.17, 15) is 4.55 Å². The fraction of sp³-hybridized carbons (Fsp3) is 0.625. The van der Waals surface area contributed by atoms with Crippen molar-refractivity contribution in [3.05, 3.63) is 6.20 Å². The molecule has 0 aromatic carbocycles. The first-order chi connectivity index (χ1) is 6.65. The van der Waals surface area contributed by atoms with E-state index in [4.69, 9.17) is 10.5 Å². The van der Waals surface area contributed by atoms with E-state index >= 15 is 0 Å². The Morgan fingerprint density at radius 2 is 2.50 bits per heavy atom. The van der Waals surface area contributed by atoms with Gasteiger partial charge in [-0.2, -0.15) is 0 Å². The van der Waals surface area contributed by atoms with Crippen LogP contribution in [0.25, 0.3) is 0 Å². The molecular weight excluding hydrogens is 202 g/mol. The smallest absolute Gasteiger partial charge is 0.256 e. The zero-order valence-electron chi connectivity index (χ0n) is 7.97. The highest BCUT2D eigenvalue weighted by Crippen LogP contribution is 2.29. The summed E-state index contributed by atoms with van der Waals surface area (Å²) in [5.41, 5.74) is 6.20. The van der Waals surface area contributed by atoms with Gasteiger partial charge in [0.1, 0.15) is 11.8 Å². The zero-order chi connectivity index (χ0) is 10.1. The largest absolute Gasteiger partial charge is 0.615 e. The Morgan fingerprint density at radius 1 is 1.79 bits per heavy atom. The van der Waals surface area contributed by atoms with E-state index in [1.165, 1.54) is 0 Å². The quantitative estimate of drug-likeness (QED) is 0.735. The average Bonchev–Trinajstić information content (AvgIpc) is 2.79. The van der Waals surface area contributed by atoms with Crippen LogP contribution in [0.2, 0.25) is 0 Å². The summed E-state index contributed by atoms with van der Waals surface area (Å²) >= 11 is -0.919. The Hall–Kier alpha value is -0.880. The molecule has 1 saturated carbocycles. The van der Waals surface area contributed by atoms with Gasteiger partial charge >= 0.3 is 0 Å². The maximum absolute atomic E-state index is 10.9. The monoisotopic (exact) mass is 215 g/mol. The molecule has 6 heteroatoms. The molecule has 0 saturated heterocycles. The number of nitrogens with zero attached hydrogens (tertiary/aromatic N) is 2. The van der Waals surface area contributed by atoms with Gasteiger partial charge in [-0.05, 0) is 24.0 Å². The number of aromatic nitrogens is 2. The summed E-state index contributed by atoms with van der Waals surface area (Å²) in [6.45, 7) is 0. The molecule has 1 heterocycles. The molecule has 1 fully saturated rings. The van der Waals surface area contributed by atoms with Gasteiger partial charge in [-0.25, -0.2) is 4.68 Å². The van der Waals surface area contributed by atoms with Crippen LogP contribution in [-0.4, -0.2) is 26.7 Å². The molecule has 0 spiro atoms. The van der Waals surface area contributed by atoms with Crippen LogP contribution in [-0.2, 0) is 17.1 Å². The fourth-order valence-corrected chi connectivity index (χ4v) is 1.61. The molecule has 1 atom stereocenters. The Balaban J connectivity index is 2.03. The van der Waals surface area contributed by atoms with Gasteiger partial charge in [0.15, 0.2) is 5.88 Å². The van der Waals surface area contributed by atoms with Crippen molar-refractivity contribution in [3.8, 4) is 5.88 Å². The van der Waals surface area contributed by atoms with E-state index in [-0.39, 0.29) is 6.10 Å². The first kappa shape index (κ1) is 9.67. The molecule has 1 aliphatic rings. The maximum Gasteiger partial charge on any atom is 0.256 e. The predicted octanol–water partition coefficient (Wildman–Crippen LogP) is 0.343. The summed E-state index contributed by atoms with van der Waals surface area (Å²) in [7, 11) is 0. The third-order valence-electron chi connectivity index (χ3n) is 1.87. The molecule has 1 aliphatic carbocycles. The van der Waals surface area contributed by atoms with Crippen molar-refractivity contribution in [1.82, 2.24) is 9.78 Å². The lowest BCUT2D eigenvalue weighted by molar-refractivity contribution is 0.289. The van der Waals surface area contributed by atoms with Crippen molar-refractivity contribution in [2.24, 2.45) is 0 Å². The van der Waals surface area contributed by atoms with Gasteiger partial charge in [0.25, 0.3) is 5.88 Å². The van der Waals surface area contributed by atoms with Crippen LogP contribution in [0.5, 0.6) is 5.88 Å². The summed E-state index contributed by atoms with van der Waals surface area (Å²) in [5.74, 6) is 0.830. The van der Waals surface area contributed by atoms with Crippen molar-refractivity contribution >= 4 is 16.9 Å². The van der Waals surface area contributed by atoms with Crippen LogP contribution >= 0.6 is 0 Å². The molecule has 14 heavy (non-hydrogen) atoms. The van der Waals surface area contributed by atoms with Crippen LogP contribution in [0.3, 0.4) is 0 Å². The summed E-state index contributed by atoms with van der Waals surface area (Å²) in [5, 5.41) is 4.11. The first-order valence-electron chi connectivity index (χ1n) is 4.45. The lowest BCUT2D eigenvalue weighted by Gasteiger charge is -2.03. The highest BCUT2D eigenvalue weighted by molar-refractivity contribution is 7.89. The molecule has 5 nitrogen and oxygen atoms in total. The molecule has 1 aromatic heterocycles. The van der Waals surface area contributed by atoms with Crippen molar-refractivity contribution < 1.29 is 9.29 Å². The van der Waals surface area contributed by atoms with Crippen LogP contribution in [0.1, 0.15) is 12.8 Å². The minimum atomic E-state index is -0.919. The zero-order valence-corrected chi connectivity index (χ0v) is 8.79. The van der Waals surface area contributed by atoms with Gasteiger partial charge in [-0.15, -0.1) is 5.10 Å². The average molecular weight is 215 g/mol. The number of ether oxygens (including phenoxy) is 1. The van der Waals surface area contributed by atoms with Gasteiger partial charge in [0.05, 0.1) is 12.5 Å². The molecule has 0 radical (unpaired) electrons. The molecule has 1 unspecified atom stereocenters. The van der Waals surface area contributed by atoms with Crippen molar-refractivity contribution in [2.45, 2.75) is 24.8 Å². The van der Waals surface area contributed by atoms with Crippen molar-refractivity contribution in [1.29, 1.82) is 0 Å². The minimum absolute atomic E-state index is 0.285. The lowest BCUT2D eigenvalue weighted by atomic mass is 10.6. The topological polar surface area (TPSA) is 76.1 Å². The standard InChI is InChI=1S/C8H13N3O2S/c1-14(12)5-11-4-7(9)8(10-11)13-6-2-3-6/h4,6H,2-3,5,9H2,1H3. The SMILES string of the molecule is C[S+]([O-])Cn1cc(N)c(OC2CC2)n1.